The van der Waals surface area contributed by atoms with Gasteiger partial charge in [-0.15, -0.1) is 0 Å². The maximum atomic E-state index is 13.8. The molecule has 1 unspecified atom stereocenters. The van der Waals surface area contributed by atoms with E-state index < -0.39 is 32.7 Å². The third kappa shape index (κ3) is 6.53. The molecule has 0 bridgehead atoms. The summed E-state index contributed by atoms with van der Waals surface area (Å²) in [6, 6.07) is 17.7. The van der Waals surface area contributed by atoms with Crippen LogP contribution in [-0.2, 0) is 21.2 Å². The summed E-state index contributed by atoms with van der Waals surface area (Å²) in [6.07, 6.45) is 0.0839. The highest BCUT2D eigenvalue weighted by Crippen LogP contribution is 2.25. The quantitative estimate of drug-likeness (QED) is 0.469. The van der Waals surface area contributed by atoms with Gasteiger partial charge in [0, 0.05) is 5.69 Å². The number of halogens is 1. The van der Waals surface area contributed by atoms with Crippen LogP contribution < -0.4 is 19.5 Å². The molecule has 0 aliphatic carbocycles. The lowest BCUT2D eigenvalue weighted by Gasteiger charge is -2.20. The second-order valence-electron chi connectivity index (χ2n) is 7.11. The van der Waals surface area contributed by atoms with Crippen molar-refractivity contribution in [1.82, 2.24) is 4.72 Å². The number of hydrogen-bond donors (Lipinski definition) is 2. The van der Waals surface area contributed by atoms with Gasteiger partial charge in [0.1, 0.15) is 28.3 Å². The van der Waals surface area contributed by atoms with Crippen molar-refractivity contribution in [3.8, 4) is 11.5 Å². The Labute approximate surface area is 192 Å². The number of hydrogen-bond acceptors (Lipinski definition) is 5. The first-order valence-corrected chi connectivity index (χ1v) is 11.7. The normalized spacial score (nSPS) is 12.1. The Kier molecular flexibility index (Phi) is 8.02. The number of ether oxygens (including phenoxy) is 2. The Bertz CT molecular complexity index is 1190. The van der Waals surface area contributed by atoms with Crippen LogP contribution in [0.1, 0.15) is 12.5 Å². The fourth-order valence-electron chi connectivity index (χ4n) is 3.18. The SMILES string of the molecule is CCOc1ccc(NC(=O)C(Cc2ccccc2)NS(=O)(=O)c2cc(F)ccc2OC)cc1. The smallest absolute Gasteiger partial charge is 0.245 e. The Hall–Kier alpha value is -3.43. The molecular formula is C24H25FN2O5S. The number of methoxy groups -OCH3 is 1. The standard InChI is InChI=1S/C24H25FN2O5S/c1-3-32-20-12-10-19(11-13-20)26-24(28)21(15-17-7-5-4-6-8-17)27-33(29,30)23-16-18(25)9-14-22(23)31-2/h4-14,16,21,27H,3,15H2,1-2H3,(H,26,28). The highest BCUT2D eigenvalue weighted by atomic mass is 32.2. The molecule has 7 nitrogen and oxygen atoms in total. The lowest BCUT2D eigenvalue weighted by Crippen LogP contribution is -2.45. The van der Waals surface area contributed by atoms with Gasteiger partial charge in [-0.25, -0.2) is 12.8 Å². The molecule has 0 radical (unpaired) electrons. The lowest BCUT2D eigenvalue weighted by molar-refractivity contribution is -0.117. The number of rotatable bonds is 10. The molecule has 3 aromatic carbocycles. The molecule has 2 N–H and O–H groups in total. The average Bonchev–Trinajstić information content (AvgIpc) is 2.80. The summed E-state index contributed by atoms with van der Waals surface area (Å²) in [5.41, 5.74) is 1.22. The van der Waals surface area contributed by atoms with Crippen molar-refractivity contribution >= 4 is 21.6 Å². The van der Waals surface area contributed by atoms with Gasteiger partial charge in [-0.05, 0) is 61.4 Å². The summed E-state index contributed by atoms with van der Waals surface area (Å²) in [6.45, 7) is 2.37. The molecule has 9 heteroatoms. The maximum Gasteiger partial charge on any atom is 0.245 e. The first kappa shape index (κ1) is 24.2. The largest absolute Gasteiger partial charge is 0.495 e. The van der Waals surface area contributed by atoms with Crippen molar-refractivity contribution in [3.63, 3.8) is 0 Å². The highest BCUT2D eigenvalue weighted by molar-refractivity contribution is 7.89. The fourth-order valence-corrected chi connectivity index (χ4v) is 4.56. The van der Waals surface area contributed by atoms with Crippen LogP contribution in [0, 0.1) is 5.82 Å². The lowest BCUT2D eigenvalue weighted by atomic mass is 10.1. The van der Waals surface area contributed by atoms with E-state index in [0.29, 0.717) is 18.0 Å². The molecule has 0 heterocycles. The Morgan fingerprint density at radius 1 is 1.03 bits per heavy atom. The minimum atomic E-state index is -4.29. The number of carbonyl (C=O) groups is 1. The van der Waals surface area contributed by atoms with Gasteiger partial charge in [0.05, 0.1) is 13.7 Å². The monoisotopic (exact) mass is 472 g/mol. The number of nitrogens with one attached hydrogen (secondary N) is 2. The number of sulfonamides is 1. The van der Waals surface area contributed by atoms with E-state index >= 15 is 0 Å². The van der Waals surface area contributed by atoms with Gasteiger partial charge in [-0.1, -0.05) is 30.3 Å². The van der Waals surface area contributed by atoms with E-state index in [1.54, 1.807) is 48.5 Å². The first-order valence-electron chi connectivity index (χ1n) is 10.3. The first-order chi connectivity index (χ1) is 15.8. The zero-order chi connectivity index (χ0) is 23.8. The van der Waals surface area contributed by atoms with E-state index in [0.717, 1.165) is 17.7 Å². The van der Waals surface area contributed by atoms with Crippen molar-refractivity contribution in [3.05, 3.63) is 84.2 Å². The van der Waals surface area contributed by atoms with Crippen molar-refractivity contribution < 1.29 is 27.1 Å². The molecule has 0 aliphatic rings. The number of amides is 1. The molecule has 0 fully saturated rings. The van der Waals surface area contributed by atoms with Crippen LogP contribution in [0.25, 0.3) is 0 Å². The van der Waals surface area contributed by atoms with E-state index in [1.807, 2.05) is 13.0 Å². The van der Waals surface area contributed by atoms with E-state index in [9.17, 15) is 17.6 Å². The van der Waals surface area contributed by atoms with Gasteiger partial charge in [-0.3, -0.25) is 4.79 Å². The van der Waals surface area contributed by atoms with Crippen molar-refractivity contribution in [2.45, 2.75) is 24.3 Å². The summed E-state index contributed by atoms with van der Waals surface area (Å²) in [4.78, 5) is 12.7. The van der Waals surface area contributed by atoms with Crippen LogP contribution >= 0.6 is 0 Å². The van der Waals surface area contributed by atoms with Gasteiger partial charge in [-0.2, -0.15) is 4.72 Å². The zero-order valence-electron chi connectivity index (χ0n) is 18.2. The summed E-state index contributed by atoms with van der Waals surface area (Å²) in [5, 5.41) is 2.72. The minimum absolute atomic E-state index is 0.0331. The molecule has 174 valence electrons. The molecule has 0 aliphatic heterocycles. The Morgan fingerprint density at radius 2 is 1.73 bits per heavy atom. The highest BCUT2D eigenvalue weighted by Gasteiger charge is 2.28. The van der Waals surface area contributed by atoms with Gasteiger partial charge in [0.15, 0.2) is 0 Å². The predicted molar refractivity (Wildman–Crippen MR) is 123 cm³/mol. The van der Waals surface area contributed by atoms with Gasteiger partial charge >= 0.3 is 0 Å². The molecule has 3 aromatic rings. The average molecular weight is 473 g/mol. The third-order valence-electron chi connectivity index (χ3n) is 4.74. The molecular weight excluding hydrogens is 447 g/mol. The van der Waals surface area contributed by atoms with E-state index in [4.69, 9.17) is 9.47 Å². The third-order valence-corrected chi connectivity index (χ3v) is 6.24. The predicted octanol–water partition coefficient (Wildman–Crippen LogP) is 3.76. The fraction of sp³-hybridized carbons (Fsp3) is 0.208. The summed E-state index contributed by atoms with van der Waals surface area (Å²) < 4.78 is 52.8. The van der Waals surface area contributed by atoms with Crippen LogP contribution in [0.4, 0.5) is 10.1 Å². The van der Waals surface area contributed by atoms with E-state index in [-0.39, 0.29) is 12.2 Å². The molecule has 0 saturated heterocycles. The molecule has 33 heavy (non-hydrogen) atoms. The van der Waals surface area contributed by atoms with Gasteiger partial charge in [0.25, 0.3) is 0 Å². The molecule has 0 saturated carbocycles. The van der Waals surface area contributed by atoms with Crippen molar-refractivity contribution in [2.75, 3.05) is 19.0 Å². The topological polar surface area (TPSA) is 93.7 Å². The molecule has 3 rings (SSSR count). The molecule has 1 amide bonds. The maximum absolute atomic E-state index is 13.8. The minimum Gasteiger partial charge on any atom is -0.495 e. The number of carbonyl (C=O) groups excluding carboxylic acids is 1. The second kappa shape index (κ2) is 10.9. The van der Waals surface area contributed by atoms with Gasteiger partial charge in [0.2, 0.25) is 15.9 Å². The molecule has 0 spiro atoms. The number of benzene rings is 3. The van der Waals surface area contributed by atoms with Crippen molar-refractivity contribution in [2.24, 2.45) is 0 Å². The molecule has 1 atom stereocenters. The van der Waals surface area contributed by atoms with Crippen LogP contribution in [-0.4, -0.2) is 34.1 Å². The van der Waals surface area contributed by atoms with E-state index in [2.05, 4.69) is 10.0 Å². The van der Waals surface area contributed by atoms with Crippen molar-refractivity contribution in [1.29, 1.82) is 0 Å². The van der Waals surface area contributed by atoms with Crippen LogP contribution in [0.3, 0.4) is 0 Å². The Balaban J connectivity index is 1.87. The summed E-state index contributed by atoms with van der Waals surface area (Å²) in [5.74, 6) is -0.693. The second-order valence-corrected chi connectivity index (χ2v) is 8.79. The van der Waals surface area contributed by atoms with E-state index in [1.165, 1.54) is 13.2 Å². The molecule has 0 aromatic heterocycles. The van der Waals surface area contributed by atoms with Crippen LogP contribution in [0.15, 0.2) is 77.7 Å². The van der Waals surface area contributed by atoms with Crippen LogP contribution in [0.2, 0.25) is 0 Å². The zero-order valence-corrected chi connectivity index (χ0v) is 19.1. The Morgan fingerprint density at radius 3 is 2.36 bits per heavy atom. The van der Waals surface area contributed by atoms with Gasteiger partial charge < -0.3 is 14.8 Å². The summed E-state index contributed by atoms with van der Waals surface area (Å²) >= 11 is 0. The number of anilines is 1. The van der Waals surface area contributed by atoms with Crippen LogP contribution in [0.5, 0.6) is 11.5 Å². The summed E-state index contributed by atoms with van der Waals surface area (Å²) in [7, 11) is -3.01.